The second-order valence-electron chi connectivity index (χ2n) is 7.05. The van der Waals surface area contributed by atoms with E-state index < -0.39 is 0 Å². The van der Waals surface area contributed by atoms with Crippen molar-refractivity contribution in [2.75, 3.05) is 10.6 Å². The molecule has 8 N–H and O–H groups in total. The van der Waals surface area contributed by atoms with Crippen LogP contribution in [-0.4, -0.2) is 16.9 Å². The molecule has 142 valence electrons. The van der Waals surface area contributed by atoms with Gasteiger partial charge in [-0.1, -0.05) is 31.4 Å². The number of aromatic nitrogens is 1. The SMILES string of the molecule is N=C(N)Nc1ccc(C(c2ccc(NC(=N)N)cn2)C2CCCCC2)cc1. The van der Waals surface area contributed by atoms with Gasteiger partial charge in [-0.05, 0) is 48.6 Å². The molecule has 7 heteroatoms. The number of benzene rings is 1. The predicted molar refractivity (Wildman–Crippen MR) is 110 cm³/mol. The summed E-state index contributed by atoms with van der Waals surface area (Å²) in [6.45, 7) is 0. The van der Waals surface area contributed by atoms with Crippen LogP contribution >= 0.6 is 0 Å². The van der Waals surface area contributed by atoms with Crippen molar-refractivity contribution in [1.29, 1.82) is 10.8 Å². The molecule has 2 aromatic rings. The van der Waals surface area contributed by atoms with Gasteiger partial charge in [0.1, 0.15) is 0 Å². The number of anilines is 2. The number of hydrogen-bond donors (Lipinski definition) is 6. The molecule has 1 aromatic carbocycles. The number of rotatable bonds is 5. The Hall–Kier alpha value is -3.09. The van der Waals surface area contributed by atoms with E-state index in [4.69, 9.17) is 22.3 Å². The van der Waals surface area contributed by atoms with E-state index in [9.17, 15) is 0 Å². The van der Waals surface area contributed by atoms with Crippen molar-refractivity contribution in [2.45, 2.75) is 38.0 Å². The molecule has 0 saturated heterocycles. The lowest BCUT2D eigenvalue weighted by Gasteiger charge is -2.30. The van der Waals surface area contributed by atoms with Crippen LogP contribution in [0.2, 0.25) is 0 Å². The maximum absolute atomic E-state index is 7.36. The first-order valence-corrected chi connectivity index (χ1v) is 9.31. The van der Waals surface area contributed by atoms with E-state index in [-0.39, 0.29) is 17.8 Å². The van der Waals surface area contributed by atoms with Crippen LogP contribution in [0.15, 0.2) is 42.6 Å². The highest BCUT2D eigenvalue weighted by Gasteiger charge is 2.27. The van der Waals surface area contributed by atoms with Crippen molar-refractivity contribution < 1.29 is 0 Å². The number of guanidine groups is 2. The van der Waals surface area contributed by atoms with Crippen LogP contribution in [0, 0.1) is 16.7 Å². The summed E-state index contributed by atoms with van der Waals surface area (Å²) in [5.41, 5.74) is 14.6. The van der Waals surface area contributed by atoms with Gasteiger partial charge in [0, 0.05) is 17.3 Å². The topological polar surface area (TPSA) is 137 Å². The molecule has 3 rings (SSSR count). The van der Waals surface area contributed by atoms with Gasteiger partial charge in [-0.15, -0.1) is 0 Å². The molecule has 1 aromatic heterocycles. The number of nitrogens with one attached hydrogen (secondary N) is 4. The summed E-state index contributed by atoms with van der Waals surface area (Å²) in [7, 11) is 0. The fourth-order valence-electron chi connectivity index (χ4n) is 3.90. The second kappa shape index (κ2) is 8.53. The summed E-state index contributed by atoms with van der Waals surface area (Å²) in [6, 6.07) is 12.0. The van der Waals surface area contributed by atoms with Crippen LogP contribution in [-0.2, 0) is 0 Å². The van der Waals surface area contributed by atoms with Crippen molar-refractivity contribution in [3.63, 3.8) is 0 Å². The van der Waals surface area contributed by atoms with Gasteiger partial charge in [-0.3, -0.25) is 15.8 Å². The quantitative estimate of drug-likeness (QED) is 0.356. The number of hydrogen-bond acceptors (Lipinski definition) is 3. The van der Waals surface area contributed by atoms with Crippen molar-refractivity contribution in [2.24, 2.45) is 17.4 Å². The molecule has 0 aliphatic heterocycles. The van der Waals surface area contributed by atoms with Gasteiger partial charge in [-0.25, -0.2) is 0 Å². The number of nitrogens with two attached hydrogens (primary N) is 2. The minimum absolute atomic E-state index is 0.0678. The highest BCUT2D eigenvalue weighted by molar-refractivity contribution is 5.90. The molecule has 1 unspecified atom stereocenters. The molecule has 1 saturated carbocycles. The standard InChI is InChI=1S/C20H27N7/c21-19(22)26-15-8-6-14(7-9-15)18(13-4-2-1-3-5-13)17-11-10-16(12-25-17)27-20(23)24/h6-13,18H,1-5H2,(H4,21,22,26)(H4,23,24,27). The van der Waals surface area contributed by atoms with Crippen LogP contribution in [0.4, 0.5) is 11.4 Å². The third-order valence-electron chi connectivity index (χ3n) is 5.05. The molecule has 0 amide bonds. The normalized spacial score (nSPS) is 15.7. The van der Waals surface area contributed by atoms with Gasteiger partial charge in [0.2, 0.25) is 0 Å². The van der Waals surface area contributed by atoms with E-state index in [2.05, 4.69) is 27.8 Å². The molecule has 0 spiro atoms. The molecule has 7 nitrogen and oxygen atoms in total. The Balaban J connectivity index is 1.88. The zero-order chi connectivity index (χ0) is 19.2. The maximum Gasteiger partial charge on any atom is 0.190 e. The van der Waals surface area contributed by atoms with Crippen LogP contribution < -0.4 is 22.1 Å². The monoisotopic (exact) mass is 365 g/mol. The van der Waals surface area contributed by atoms with Crippen molar-refractivity contribution in [3.05, 3.63) is 53.9 Å². The Morgan fingerprint density at radius 3 is 2.04 bits per heavy atom. The fourth-order valence-corrected chi connectivity index (χ4v) is 3.90. The third-order valence-corrected chi connectivity index (χ3v) is 5.05. The molecular formula is C20H27N7. The van der Waals surface area contributed by atoms with Crippen LogP contribution in [0.25, 0.3) is 0 Å². The molecule has 1 heterocycles. The average Bonchev–Trinajstić information content (AvgIpc) is 2.65. The first-order valence-electron chi connectivity index (χ1n) is 9.31. The van der Waals surface area contributed by atoms with Gasteiger partial charge in [0.25, 0.3) is 0 Å². The first-order chi connectivity index (χ1) is 13.0. The minimum atomic E-state index is -0.0954. The fraction of sp³-hybridized carbons (Fsp3) is 0.350. The average molecular weight is 365 g/mol. The maximum atomic E-state index is 7.36. The summed E-state index contributed by atoms with van der Waals surface area (Å²) in [5, 5.41) is 20.3. The second-order valence-corrected chi connectivity index (χ2v) is 7.05. The molecule has 1 atom stereocenters. The first kappa shape index (κ1) is 18.7. The smallest absolute Gasteiger partial charge is 0.190 e. The van der Waals surface area contributed by atoms with E-state index in [0.29, 0.717) is 5.92 Å². The lowest BCUT2D eigenvalue weighted by molar-refractivity contribution is 0.324. The van der Waals surface area contributed by atoms with Crippen LogP contribution in [0.5, 0.6) is 0 Å². The van der Waals surface area contributed by atoms with Crippen molar-refractivity contribution in [3.8, 4) is 0 Å². The lowest BCUT2D eigenvalue weighted by Crippen LogP contribution is -2.21. The summed E-state index contributed by atoms with van der Waals surface area (Å²) < 4.78 is 0. The summed E-state index contributed by atoms with van der Waals surface area (Å²) in [5.74, 6) is 0.622. The highest BCUT2D eigenvalue weighted by atomic mass is 15.1. The Bertz CT molecular complexity index is 717. The number of nitrogens with zero attached hydrogens (tertiary/aromatic N) is 1. The van der Waals surface area contributed by atoms with Crippen LogP contribution in [0.3, 0.4) is 0 Å². The van der Waals surface area contributed by atoms with Gasteiger partial charge >= 0.3 is 0 Å². The predicted octanol–water partition coefficient (Wildman–Crippen LogP) is 3.40. The van der Waals surface area contributed by atoms with E-state index >= 15 is 0 Å². The van der Waals surface area contributed by atoms with Gasteiger partial charge in [-0.2, -0.15) is 0 Å². The molecule has 0 bridgehead atoms. The Morgan fingerprint density at radius 2 is 1.48 bits per heavy atom. The zero-order valence-corrected chi connectivity index (χ0v) is 15.3. The Morgan fingerprint density at radius 1 is 0.889 bits per heavy atom. The summed E-state index contributed by atoms with van der Waals surface area (Å²) in [4.78, 5) is 4.67. The summed E-state index contributed by atoms with van der Waals surface area (Å²) >= 11 is 0. The van der Waals surface area contributed by atoms with E-state index in [1.165, 1.54) is 37.7 Å². The molecular weight excluding hydrogens is 338 g/mol. The van der Waals surface area contributed by atoms with E-state index in [1.54, 1.807) is 6.20 Å². The van der Waals surface area contributed by atoms with Crippen molar-refractivity contribution in [1.82, 2.24) is 4.98 Å². The van der Waals surface area contributed by atoms with Crippen LogP contribution in [0.1, 0.15) is 49.3 Å². The lowest BCUT2D eigenvalue weighted by atomic mass is 9.75. The third kappa shape index (κ3) is 4.97. The van der Waals surface area contributed by atoms with E-state index in [1.807, 2.05) is 24.3 Å². The zero-order valence-electron chi connectivity index (χ0n) is 15.3. The molecule has 1 aliphatic rings. The molecule has 1 aliphatic carbocycles. The largest absolute Gasteiger partial charge is 0.370 e. The highest BCUT2D eigenvalue weighted by Crippen LogP contribution is 2.40. The van der Waals surface area contributed by atoms with Crippen molar-refractivity contribution >= 4 is 23.3 Å². The van der Waals surface area contributed by atoms with Gasteiger partial charge in [0.05, 0.1) is 11.9 Å². The Labute approximate surface area is 159 Å². The van der Waals surface area contributed by atoms with E-state index in [0.717, 1.165) is 17.1 Å². The van der Waals surface area contributed by atoms with Gasteiger partial charge < -0.3 is 22.1 Å². The van der Waals surface area contributed by atoms with Gasteiger partial charge in [0.15, 0.2) is 11.9 Å². The summed E-state index contributed by atoms with van der Waals surface area (Å²) in [6.07, 6.45) is 7.96. The Kier molecular flexibility index (Phi) is 5.90. The molecule has 0 radical (unpaired) electrons. The minimum Gasteiger partial charge on any atom is -0.370 e. The number of pyridine rings is 1. The molecule has 27 heavy (non-hydrogen) atoms. The molecule has 1 fully saturated rings.